The van der Waals surface area contributed by atoms with E-state index in [4.69, 9.17) is 4.74 Å². The molecule has 2 atom stereocenters. The maximum Gasteiger partial charge on any atom is 0.326 e. The maximum absolute atomic E-state index is 12.1. The molecule has 1 fully saturated rings. The molecule has 0 aliphatic carbocycles. The van der Waals surface area contributed by atoms with Crippen LogP contribution < -0.4 is 5.32 Å². The van der Waals surface area contributed by atoms with E-state index in [1.54, 1.807) is 0 Å². The van der Waals surface area contributed by atoms with Crippen LogP contribution in [-0.4, -0.2) is 75.2 Å². The number of carbonyl (C=O) groups excluding carboxylic acids is 1. The van der Waals surface area contributed by atoms with Gasteiger partial charge in [0.25, 0.3) is 0 Å². The fourth-order valence-corrected chi connectivity index (χ4v) is 2.48. The molecule has 1 heterocycles. The van der Waals surface area contributed by atoms with E-state index in [2.05, 4.69) is 29.1 Å². The summed E-state index contributed by atoms with van der Waals surface area (Å²) in [6.07, 6.45) is 1.62. The predicted octanol–water partition coefficient (Wildman–Crippen LogP) is 0.164. The van der Waals surface area contributed by atoms with Crippen LogP contribution in [0.15, 0.2) is 0 Å². The van der Waals surface area contributed by atoms with Crippen LogP contribution in [0.25, 0.3) is 0 Å². The highest BCUT2D eigenvalue weighted by Gasteiger charge is 2.43. The van der Waals surface area contributed by atoms with Gasteiger partial charge in [0.2, 0.25) is 0 Å². The smallest absolute Gasteiger partial charge is 0.326 e. The van der Waals surface area contributed by atoms with Gasteiger partial charge in [-0.05, 0) is 40.9 Å². The first kappa shape index (κ1) is 15.4. The van der Waals surface area contributed by atoms with E-state index in [1.807, 2.05) is 14.1 Å². The second-order valence-corrected chi connectivity index (χ2v) is 5.59. The number of rotatable bonds is 5. The van der Waals surface area contributed by atoms with Gasteiger partial charge in [0, 0.05) is 25.7 Å². The fourth-order valence-electron chi connectivity index (χ4n) is 2.48. The molecule has 5 nitrogen and oxygen atoms in total. The summed E-state index contributed by atoms with van der Waals surface area (Å²) < 4.78 is 5.00. The first-order valence-electron chi connectivity index (χ1n) is 6.60. The molecule has 1 aliphatic heterocycles. The summed E-state index contributed by atoms with van der Waals surface area (Å²) in [5, 5.41) is 3.43. The van der Waals surface area contributed by atoms with Gasteiger partial charge in [0.05, 0.1) is 7.11 Å². The van der Waals surface area contributed by atoms with Gasteiger partial charge in [0.1, 0.15) is 5.54 Å². The van der Waals surface area contributed by atoms with E-state index >= 15 is 0 Å². The Morgan fingerprint density at radius 2 is 2.22 bits per heavy atom. The number of esters is 1. The summed E-state index contributed by atoms with van der Waals surface area (Å²) >= 11 is 0. The van der Waals surface area contributed by atoms with Crippen molar-refractivity contribution in [2.45, 2.75) is 31.3 Å². The van der Waals surface area contributed by atoms with Crippen molar-refractivity contribution in [1.29, 1.82) is 0 Å². The highest BCUT2D eigenvalue weighted by Crippen LogP contribution is 2.27. The molecule has 0 spiro atoms. The van der Waals surface area contributed by atoms with Crippen molar-refractivity contribution < 1.29 is 9.53 Å². The molecule has 106 valence electrons. The molecule has 0 aromatic rings. The highest BCUT2D eigenvalue weighted by atomic mass is 16.5. The zero-order valence-electron chi connectivity index (χ0n) is 12.3. The van der Waals surface area contributed by atoms with Crippen molar-refractivity contribution in [3.05, 3.63) is 0 Å². The van der Waals surface area contributed by atoms with Crippen LogP contribution in [0.1, 0.15) is 19.8 Å². The van der Waals surface area contributed by atoms with E-state index in [1.165, 1.54) is 7.11 Å². The van der Waals surface area contributed by atoms with Gasteiger partial charge in [-0.1, -0.05) is 0 Å². The predicted molar refractivity (Wildman–Crippen MR) is 72.6 cm³/mol. The molecular formula is C13H27N3O2. The first-order chi connectivity index (χ1) is 8.41. The number of piperidine rings is 1. The Hall–Kier alpha value is -0.650. The lowest BCUT2D eigenvalue weighted by Gasteiger charge is -2.43. The molecule has 1 saturated heterocycles. The van der Waals surface area contributed by atoms with Gasteiger partial charge in [-0.15, -0.1) is 0 Å². The maximum atomic E-state index is 12.1. The lowest BCUT2D eigenvalue weighted by Crippen LogP contribution is -2.61. The molecule has 5 heteroatoms. The van der Waals surface area contributed by atoms with E-state index < -0.39 is 5.54 Å². The van der Waals surface area contributed by atoms with Gasteiger partial charge in [0.15, 0.2) is 0 Å². The Morgan fingerprint density at radius 1 is 1.56 bits per heavy atom. The number of nitrogens with one attached hydrogen (secondary N) is 1. The number of nitrogens with zero attached hydrogens (tertiary/aromatic N) is 2. The molecule has 0 aromatic heterocycles. The standard InChI is InChI=1S/C13H27N3O2/c1-11-10-13(12(17)18-5,6-8-16(11)4)14-7-9-15(2)3/h11,14H,6-10H2,1-5H3. The van der Waals surface area contributed by atoms with E-state index in [-0.39, 0.29) is 5.97 Å². The summed E-state index contributed by atoms with van der Waals surface area (Å²) in [4.78, 5) is 16.5. The Morgan fingerprint density at radius 3 is 2.72 bits per heavy atom. The summed E-state index contributed by atoms with van der Waals surface area (Å²) in [7, 11) is 7.64. The third-order valence-corrected chi connectivity index (χ3v) is 3.89. The minimum Gasteiger partial charge on any atom is -0.468 e. The Labute approximate surface area is 110 Å². The number of methoxy groups -OCH3 is 1. The van der Waals surface area contributed by atoms with Crippen LogP contribution in [-0.2, 0) is 9.53 Å². The third kappa shape index (κ3) is 3.67. The lowest BCUT2D eigenvalue weighted by atomic mass is 9.83. The number of hydrogen-bond acceptors (Lipinski definition) is 5. The molecular weight excluding hydrogens is 230 g/mol. The van der Waals surface area contributed by atoms with Crippen LogP contribution in [0, 0.1) is 0 Å². The molecule has 1 aliphatic rings. The average Bonchev–Trinajstić information content (AvgIpc) is 2.32. The number of likely N-dealkylation sites (tertiary alicyclic amines) is 1. The Kier molecular flexibility index (Phi) is 5.56. The largest absolute Gasteiger partial charge is 0.468 e. The van der Waals surface area contributed by atoms with Crippen molar-refractivity contribution in [2.75, 3.05) is 47.9 Å². The second-order valence-electron chi connectivity index (χ2n) is 5.59. The second kappa shape index (κ2) is 6.50. The topological polar surface area (TPSA) is 44.8 Å². The van der Waals surface area contributed by atoms with Gasteiger partial charge in [-0.25, -0.2) is 0 Å². The summed E-state index contributed by atoms with van der Waals surface area (Å²) in [6, 6.07) is 0.393. The van der Waals surface area contributed by atoms with Gasteiger partial charge in [-0.3, -0.25) is 4.79 Å². The van der Waals surface area contributed by atoms with Crippen molar-refractivity contribution in [1.82, 2.24) is 15.1 Å². The molecule has 18 heavy (non-hydrogen) atoms. The molecule has 0 aromatic carbocycles. The number of likely N-dealkylation sites (N-methyl/N-ethyl adjacent to an activating group) is 1. The van der Waals surface area contributed by atoms with Crippen LogP contribution in [0.5, 0.6) is 0 Å². The summed E-state index contributed by atoms with van der Waals surface area (Å²) in [6.45, 7) is 4.80. The monoisotopic (exact) mass is 257 g/mol. The first-order valence-corrected chi connectivity index (χ1v) is 6.60. The summed E-state index contributed by atoms with van der Waals surface area (Å²) in [5.74, 6) is -0.124. The van der Waals surface area contributed by atoms with Crippen molar-refractivity contribution in [3.63, 3.8) is 0 Å². The Balaban J connectivity index is 2.67. The van der Waals surface area contributed by atoms with Crippen molar-refractivity contribution in [2.24, 2.45) is 0 Å². The van der Waals surface area contributed by atoms with Crippen molar-refractivity contribution >= 4 is 5.97 Å². The molecule has 0 bridgehead atoms. The molecule has 0 saturated carbocycles. The fraction of sp³-hybridized carbons (Fsp3) is 0.923. The minimum absolute atomic E-state index is 0.124. The molecule has 0 amide bonds. The van der Waals surface area contributed by atoms with Crippen LogP contribution >= 0.6 is 0 Å². The SMILES string of the molecule is COC(=O)C1(NCCN(C)C)CCN(C)C(C)C1. The molecule has 1 N–H and O–H groups in total. The average molecular weight is 257 g/mol. The van der Waals surface area contributed by atoms with E-state index in [9.17, 15) is 4.79 Å². The van der Waals surface area contributed by atoms with Gasteiger partial charge < -0.3 is 19.9 Å². The minimum atomic E-state index is -0.503. The van der Waals surface area contributed by atoms with Crippen molar-refractivity contribution in [3.8, 4) is 0 Å². The number of carbonyl (C=O) groups is 1. The normalized spacial score (nSPS) is 29.6. The van der Waals surface area contributed by atoms with Crippen LogP contribution in [0.3, 0.4) is 0 Å². The Bertz CT molecular complexity index is 283. The number of hydrogen-bond donors (Lipinski definition) is 1. The zero-order chi connectivity index (χ0) is 13.8. The molecule has 2 unspecified atom stereocenters. The lowest BCUT2D eigenvalue weighted by molar-refractivity contribution is -0.151. The summed E-state index contributed by atoms with van der Waals surface area (Å²) in [5.41, 5.74) is -0.503. The number of ether oxygens (including phenoxy) is 1. The molecule has 0 radical (unpaired) electrons. The third-order valence-electron chi connectivity index (χ3n) is 3.89. The van der Waals surface area contributed by atoms with E-state index in [0.717, 1.165) is 32.5 Å². The van der Waals surface area contributed by atoms with Gasteiger partial charge in [-0.2, -0.15) is 0 Å². The van der Waals surface area contributed by atoms with Crippen LogP contribution in [0.4, 0.5) is 0 Å². The highest BCUT2D eigenvalue weighted by molar-refractivity contribution is 5.81. The van der Waals surface area contributed by atoms with Gasteiger partial charge >= 0.3 is 5.97 Å². The van der Waals surface area contributed by atoms with Crippen LogP contribution in [0.2, 0.25) is 0 Å². The zero-order valence-corrected chi connectivity index (χ0v) is 12.3. The molecule has 1 rings (SSSR count). The quantitative estimate of drug-likeness (QED) is 0.711. The van der Waals surface area contributed by atoms with E-state index in [0.29, 0.717) is 6.04 Å².